The molecule has 0 heterocycles. The number of carbonyl (C=O) groups excluding carboxylic acids is 1. The van der Waals surface area contributed by atoms with Gasteiger partial charge in [-0.3, -0.25) is 0 Å². The summed E-state index contributed by atoms with van der Waals surface area (Å²) < 4.78 is 5.14. The van der Waals surface area contributed by atoms with Crippen molar-refractivity contribution in [1.82, 2.24) is 5.32 Å². The fourth-order valence-corrected chi connectivity index (χ4v) is 2.05. The van der Waals surface area contributed by atoms with Crippen molar-refractivity contribution >= 4 is 17.9 Å². The second-order valence-electron chi connectivity index (χ2n) is 5.06. The predicted molar refractivity (Wildman–Crippen MR) is 94.3 cm³/mol. The molecule has 2 N–H and O–H groups in total. The number of ether oxygens (including phenoxy) is 1. The molecule has 0 saturated heterocycles. The van der Waals surface area contributed by atoms with E-state index in [0.717, 1.165) is 23.2 Å². The Labute approximate surface area is 137 Å². The first-order valence-corrected chi connectivity index (χ1v) is 7.67. The van der Waals surface area contributed by atoms with Crippen molar-refractivity contribution < 1.29 is 9.53 Å². The van der Waals surface area contributed by atoms with Crippen LogP contribution >= 0.6 is 0 Å². The van der Waals surface area contributed by atoms with Gasteiger partial charge in [0.15, 0.2) is 0 Å². The van der Waals surface area contributed by atoms with Crippen LogP contribution in [0.1, 0.15) is 17.5 Å². The summed E-state index contributed by atoms with van der Waals surface area (Å²) in [4.78, 5) is 11.6. The number of hydrogen-bond donors (Lipinski definition) is 2. The number of benzene rings is 2. The maximum atomic E-state index is 11.6. The number of alkyl carbamates (subject to hydrolysis) is 1. The van der Waals surface area contributed by atoms with Crippen molar-refractivity contribution in [3.05, 3.63) is 71.8 Å². The van der Waals surface area contributed by atoms with E-state index in [1.807, 2.05) is 67.7 Å². The van der Waals surface area contributed by atoms with Crippen LogP contribution in [0.4, 0.5) is 10.5 Å². The third-order valence-electron chi connectivity index (χ3n) is 3.28. The molecule has 2 aromatic carbocycles. The van der Waals surface area contributed by atoms with Gasteiger partial charge >= 0.3 is 6.09 Å². The number of nitrogens with one attached hydrogen (secondary N) is 2. The highest BCUT2D eigenvalue weighted by atomic mass is 16.5. The Kier molecular flexibility index (Phi) is 6.72. The fraction of sp³-hybridized carbons (Fsp3) is 0.211. The lowest BCUT2D eigenvalue weighted by Crippen LogP contribution is -2.24. The predicted octanol–water partition coefficient (Wildman–Crippen LogP) is 4.06. The zero-order chi connectivity index (χ0) is 16.3. The van der Waals surface area contributed by atoms with Crippen molar-refractivity contribution in [2.24, 2.45) is 0 Å². The van der Waals surface area contributed by atoms with Crippen LogP contribution in [0.5, 0.6) is 0 Å². The molecule has 4 heteroatoms. The number of hydrogen-bond acceptors (Lipinski definition) is 3. The normalized spacial score (nSPS) is 10.5. The molecule has 0 aliphatic carbocycles. The quantitative estimate of drug-likeness (QED) is 0.758. The molecule has 0 atom stereocenters. The maximum Gasteiger partial charge on any atom is 0.407 e. The Morgan fingerprint density at radius 1 is 1.13 bits per heavy atom. The molecule has 4 nitrogen and oxygen atoms in total. The largest absolute Gasteiger partial charge is 0.445 e. The van der Waals surface area contributed by atoms with Gasteiger partial charge in [0.1, 0.15) is 6.61 Å². The molecule has 0 spiro atoms. The van der Waals surface area contributed by atoms with E-state index in [9.17, 15) is 4.79 Å². The first kappa shape index (κ1) is 16.6. The topological polar surface area (TPSA) is 50.4 Å². The van der Waals surface area contributed by atoms with Crippen molar-refractivity contribution in [1.29, 1.82) is 0 Å². The number of amides is 1. The Bertz CT molecular complexity index is 639. The molecular weight excluding hydrogens is 288 g/mol. The molecule has 0 aliphatic rings. The SMILES string of the molecule is CNc1cccc(C=CCCNC(=O)OCc2ccccc2)c1. The lowest BCUT2D eigenvalue weighted by Gasteiger charge is -2.06. The van der Waals surface area contributed by atoms with Gasteiger partial charge in [0, 0.05) is 19.3 Å². The molecule has 0 fully saturated rings. The zero-order valence-electron chi connectivity index (χ0n) is 13.3. The van der Waals surface area contributed by atoms with Crippen LogP contribution in [0.25, 0.3) is 6.08 Å². The molecule has 0 radical (unpaired) electrons. The number of anilines is 1. The molecule has 120 valence electrons. The third-order valence-corrected chi connectivity index (χ3v) is 3.28. The smallest absolute Gasteiger partial charge is 0.407 e. The van der Waals surface area contributed by atoms with Crippen LogP contribution in [-0.4, -0.2) is 19.7 Å². The van der Waals surface area contributed by atoms with Gasteiger partial charge in [0.25, 0.3) is 0 Å². The summed E-state index contributed by atoms with van der Waals surface area (Å²) in [5, 5.41) is 5.84. The second-order valence-corrected chi connectivity index (χ2v) is 5.06. The summed E-state index contributed by atoms with van der Waals surface area (Å²) in [6.07, 6.45) is 4.44. The fourth-order valence-electron chi connectivity index (χ4n) is 2.05. The summed E-state index contributed by atoms with van der Waals surface area (Å²) in [6.45, 7) is 0.842. The lowest BCUT2D eigenvalue weighted by molar-refractivity contribution is 0.140. The Morgan fingerprint density at radius 2 is 1.96 bits per heavy atom. The molecule has 0 aliphatic heterocycles. The van der Waals surface area contributed by atoms with E-state index in [-0.39, 0.29) is 6.09 Å². The van der Waals surface area contributed by atoms with Gasteiger partial charge in [-0.25, -0.2) is 4.79 Å². The average Bonchev–Trinajstić information content (AvgIpc) is 2.61. The van der Waals surface area contributed by atoms with E-state index < -0.39 is 0 Å². The summed E-state index contributed by atoms with van der Waals surface area (Å²) in [5.74, 6) is 0. The highest BCUT2D eigenvalue weighted by Crippen LogP contribution is 2.11. The van der Waals surface area contributed by atoms with Gasteiger partial charge < -0.3 is 15.4 Å². The molecule has 0 unspecified atom stereocenters. The monoisotopic (exact) mass is 310 g/mol. The average molecular weight is 310 g/mol. The summed E-state index contributed by atoms with van der Waals surface area (Å²) in [7, 11) is 1.90. The van der Waals surface area contributed by atoms with Gasteiger partial charge in [0.2, 0.25) is 0 Å². The molecule has 0 aromatic heterocycles. The Morgan fingerprint density at radius 3 is 2.74 bits per heavy atom. The van der Waals surface area contributed by atoms with Crippen molar-refractivity contribution in [3.63, 3.8) is 0 Å². The van der Waals surface area contributed by atoms with Gasteiger partial charge in [-0.15, -0.1) is 0 Å². The van der Waals surface area contributed by atoms with Crippen LogP contribution in [0, 0.1) is 0 Å². The van der Waals surface area contributed by atoms with Gasteiger partial charge in [-0.1, -0.05) is 54.6 Å². The zero-order valence-corrected chi connectivity index (χ0v) is 13.3. The lowest BCUT2D eigenvalue weighted by atomic mass is 10.2. The van der Waals surface area contributed by atoms with E-state index >= 15 is 0 Å². The van der Waals surface area contributed by atoms with Gasteiger partial charge in [-0.2, -0.15) is 0 Å². The Balaban J connectivity index is 1.64. The van der Waals surface area contributed by atoms with Gasteiger partial charge in [-0.05, 0) is 29.7 Å². The van der Waals surface area contributed by atoms with Crippen LogP contribution in [-0.2, 0) is 11.3 Å². The molecule has 2 rings (SSSR count). The van der Waals surface area contributed by atoms with Crippen LogP contribution < -0.4 is 10.6 Å². The van der Waals surface area contributed by atoms with Crippen molar-refractivity contribution in [2.45, 2.75) is 13.0 Å². The highest BCUT2D eigenvalue weighted by Gasteiger charge is 2.00. The minimum atomic E-state index is -0.389. The van der Waals surface area contributed by atoms with Crippen molar-refractivity contribution in [3.8, 4) is 0 Å². The molecule has 1 amide bonds. The standard InChI is InChI=1S/C19H22N2O2/c1-20-18-12-7-11-16(14-18)8-5-6-13-21-19(22)23-15-17-9-3-2-4-10-17/h2-5,7-12,14,20H,6,13,15H2,1H3,(H,21,22). The molecular formula is C19H22N2O2. The van der Waals surface area contributed by atoms with Crippen molar-refractivity contribution in [2.75, 3.05) is 18.9 Å². The van der Waals surface area contributed by atoms with E-state index in [2.05, 4.69) is 16.7 Å². The second kappa shape index (κ2) is 9.30. The molecule has 0 bridgehead atoms. The van der Waals surface area contributed by atoms with E-state index in [0.29, 0.717) is 13.2 Å². The summed E-state index contributed by atoms with van der Waals surface area (Å²) >= 11 is 0. The van der Waals surface area contributed by atoms with Crippen LogP contribution in [0.2, 0.25) is 0 Å². The molecule has 23 heavy (non-hydrogen) atoms. The highest BCUT2D eigenvalue weighted by molar-refractivity contribution is 5.67. The third kappa shape index (κ3) is 6.26. The minimum Gasteiger partial charge on any atom is -0.445 e. The molecule has 0 saturated carbocycles. The van der Waals surface area contributed by atoms with Crippen LogP contribution in [0.15, 0.2) is 60.7 Å². The maximum absolute atomic E-state index is 11.6. The number of rotatable bonds is 7. The van der Waals surface area contributed by atoms with Crippen LogP contribution in [0.3, 0.4) is 0 Å². The minimum absolute atomic E-state index is 0.291. The Hall–Kier alpha value is -2.75. The van der Waals surface area contributed by atoms with E-state index in [1.54, 1.807) is 0 Å². The first-order valence-electron chi connectivity index (χ1n) is 7.67. The van der Waals surface area contributed by atoms with Gasteiger partial charge in [0.05, 0.1) is 0 Å². The van der Waals surface area contributed by atoms with E-state index in [1.165, 1.54) is 0 Å². The van der Waals surface area contributed by atoms with E-state index in [4.69, 9.17) is 4.74 Å². The summed E-state index contributed by atoms with van der Waals surface area (Å²) in [6, 6.07) is 17.8. The molecule has 2 aromatic rings. The number of carbonyl (C=O) groups is 1. The summed E-state index contributed by atoms with van der Waals surface area (Å²) in [5.41, 5.74) is 3.19. The first-order chi connectivity index (χ1) is 11.3.